The molecule has 2 rings (SSSR count). The number of benzene rings is 1. The molecule has 0 fully saturated rings. The molecule has 2 amide bonds. The summed E-state index contributed by atoms with van der Waals surface area (Å²) in [5.74, 6) is 0.0191. The van der Waals surface area contributed by atoms with E-state index in [2.05, 4.69) is 6.92 Å². The lowest BCUT2D eigenvalue weighted by molar-refractivity contribution is -0.136. The highest BCUT2D eigenvalue weighted by molar-refractivity contribution is 8.04. The lowest BCUT2D eigenvalue weighted by atomic mass is 9.99. The van der Waals surface area contributed by atoms with Crippen LogP contribution in [-0.2, 0) is 9.59 Å². The van der Waals surface area contributed by atoms with E-state index in [0.29, 0.717) is 22.8 Å². The van der Waals surface area contributed by atoms with Crippen molar-refractivity contribution in [2.24, 2.45) is 0 Å². The number of nitrogens with zero attached hydrogens (tertiary/aromatic N) is 1. The Morgan fingerprint density at radius 2 is 1.59 bits per heavy atom. The van der Waals surface area contributed by atoms with Crippen LogP contribution in [0.3, 0.4) is 0 Å². The van der Waals surface area contributed by atoms with Gasteiger partial charge in [-0.15, -0.1) is 11.8 Å². The number of aryl methyl sites for hydroxylation is 2. The third-order valence-corrected chi connectivity index (χ3v) is 6.40. The summed E-state index contributed by atoms with van der Waals surface area (Å²) in [4.78, 5) is 28.0. The number of carbonyl (C=O) groups is 2. The summed E-state index contributed by atoms with van der Waals surface area (Å²) in [6.07, 6.45) is 9.41. The fourth-order valence-electron chi connectivity index (χ4n) is 3.77. The smallest absolute Gasteiger partial charge is 0.267 e. The predicted molar refractivity (Wildman–Crippen MR) is 122 cm³/mol. The maximum absolute atomic E-state index is 13.1. The van der Waals surface area contributed by atoms with E-state index in [1.807, 2.05) is 32.0 Å². The van der Waals surface area contributed by atoms with Gasteiger partial charge in [0.15, 0.2) is 0 Å². The number of unbranched alkanes of at least 4 members (excludes halogenated alkanes) is 7. The molecule has 0 atom stereocenters. The second-order valence-corrected chi connectivity index (χ2v) is 8.94. The quantitative estimate of drug-likeness (QED) is 0.352. The van der Waals surface area contributed by atoms with Gasteiger partial charge in [-0.25, -0.2) is 0 Å². The van der Waals surface area contributed by atoms with Gasteiger partial charge in [-0.1, -0.05) is 75.6 Å². The zero-order valence-electron chi connectivity index (χ0n) is 18.1. The predicted octanol–water partition coefficient (Wildman–Crippen LogP) is 5.25. The van der Waals surface area contributed by atoms with Gasteiger partial charge >= 0.3 is 0 Å². The number of hydrogen-bond acceptors (Lipinski definition) is 4. The number of rotatable bonds is 13. The Hall–Kier alpha value is -1.59. The third-order valence-electron chi connectivity index (χ3n) is 5.35. The SMILES string of the molecule is CCCCCCCCCCN1C(=O)C(SCCO)=C(c2ccc(C)cc2C)C1=O. The molecule has 29 heavy (non-hydrogen) atoms. The molecule has 1 heterocycles. The third kappa shape index (κ3) is 6.45. The van der Waals surface area contributed by atoms with Crippen LogP contribution in [0.4, 0.5) is 0 Å². The number of aliphatic hydroxyl groups is 1. The van der Waals surface area contributed by atoms with Crippen molar-refractivity contribution in [2.75, 3.05) is 18.9 Å². The Morgan fingerprint density at radius 1 is 0.931 bits per heavy atom. The van der Waals surface area contributed by atoms with Crippen LogP contribution < -0.4 is 0 Å². The van der Waals surface area contributed by atoms with Crippen LogP contribution in [0.1, 0.15) is 75.0 Å². The van der Waals surface area contributed by atoms with Gasteiger partial charge in [0.1, 0.15) is 0 Å². The molecule has 5 heteroatoms. The zero-order valence-corrected chi connectivity index (χ0v) is 18.9. The topological polar surface area (TPSA) is 57.6 Å². The van der Waals surface area contributed by atoms with Crippen molar-refractivity contribution in [3.05, 3.63) is 39.8 Å². The lowest BCUT2D eigenvalue weighted by Gasteiger charge is -2.15. The summed E-state index contributed by atoms with van der Waals surface area (Å²) in [7, 11) is 0. The summed E-state index contributed by atoms with van der Waals surface area (Å²) in [5, 5.41) is 9.22. The Labute approximate surface area is 179 Å². The molecule has 0 aromatic heterocycles. The standard InChI is InChI=1S/C24H35NO3S/c1-4-5-6-7-8-9-10-11-14-25-23(27)21(22(24(25)28)29-16-15-26)20-13-12-18(2)17-19(20)3/h12-13,17,26H,4-11,14-16H2,1-3H3. The van der Waals surface area contributed by atoms with Crippen molar-refractivity contribution < 1.29 is 14.7 Å². The summed E-state index contributed by atoms with van der Waals surface area (Å²) >= 11 is 1.29. The van der Waals surface area contributed by atoms with Crippen molar-refractivity contribution in [3.8, 4) is 0 Å². The molecule has 0 aliphatic carbocycles. The molecule has 1 aromatic rings. The molecular weight excluding hydrogens is 382 g/mol. The van der Waals surface area contributed by atoms with Gasteiger partial charge in [0.25, 0.3) is 11.8 Å². The van der Waals surface area contributed by atoms with E-state index in [-0.39, 0.29) is 18.4 Å². The Bertz CT molecular complexity index is 742. The molecule has 1 aromatic carbocycles. The van der Waals surface area contributed by atoms with Crippen LogP contribution in [0.25, 0.3) is 5.57 Å². The minimum absolute atomic E-state index is 0.0200. The number of amides is 2. The first-order chi connectivity index (χ1) is 14.0. The van der Waals surface area contributed by atoms with E-state index < -0.39 is 0 Å². The number of carbonyl (C=O) groups excluding carboxylic acids is 2. The van der Waals surface area contributed by atoms with Gasteiger partial charge in [0.2, 0.25) is 0 Å². The average molecular weight is 418 g/mol. The van der Waals surface area contributed by atoms with Gasteiger partial charge in [-0.2, -0.15) is 0 Å². The van der Waals surface area contributed by atoms with Crippen LogP contribution in [0, 0.1) is 13.8 Å². The molecule has 0 unspecified atom stereocenters. The molecule has 1 aliphatic heterocycles. The van der Waals surface area contributed by atoms with Crippen LogP contribution in [0.15, 0.2) is 23.1 Å². The average Bonchev–Trinajstić information content (AvgIpc) is 2.92. The molecular formula is C24H35NO3S. The van der Waals surface area contributed by atoms with Crippen molar-refractivity contribution in [1.82, 2.24) is 4.90 Å². The summed E-state index contributed by atoms with van der Waals surface area (Å²) in [6.45, 7) is 6.67. The highest BCUT2D eigenvalue weighted by Crippen LogP contribution is 2.37. The summed E-state index contributed by atoms with van der Waals surface area (Å²) in [5.41, 5.74) is 3.46. The van der Waals surface area contributed by atoms with Crippen molar-refractivity contribution in [3.63, 3.8) is 0 Å². The molecule has 0 radical (unpaired) electrons. The van der Waals surface area contributed by atoms with Gasteiger partial charge in [0, 0.05) is 12.3 Å². The Balaban J connectivity index is 2.03. The number of aliphatic hydroxyl groups excluding tert-OH is 1. The second kappa shape index (κ2) is 12.2. The van der Waals surface area contributed by atoms with Crippen molar-refractivity contribution in [2.45, 2.75) is 72.1 Å². The molecule has 0 bridgehead atoms. The molecule has 4 nitrogen and oxygen atoms in total. The zero-order chi connectivity index (χ0) is 21.2. The molecule has 0 saturated carbocycles. The molecule has 160 valence electrons. The Morgan fingerprint density at radius 3 is 2.21 bits per heavy atom. The van der Waals surface area contributed by atoms with E-state index in [1.165, 1.54) is 48.8 Å². The minimum Gasteiger partial charge on any atom is -0.396 e. The van der Waals surface area contributed by atoms with E-state index in [0.717, 1.165) is 36.0 Å². The molecule has 0 saturated heterocycles. The molecule has 0 spiro atoms. The monoisotopic (exact) mass is 417 g/mol. The maximum atomic E-state index is 13.1. The first-order valence-electron chi connectivity index (χ1n) is 10.9. The van der Waals surface area contributed by atoms with Gasteiger partial charge < -0.3 is 5.11 Å². The van der Waals surface area contributed by atoms with E-state index in [1.54, 1.807) is 0 Å². The van der Waals surface area contributed by atoms with Gasteiger partial charge in [-0.3, -0.25) is 14.5 Å². The fourth-order valence-corrected chi connectivity index (χ4v) is 4.64. The normalized spacial score (nSPS) is 14.4. The first-order valence-corrected chi connectivity index (χ1v) is 11.9. The number of imide groups is 1. The number of hydrogen-bond donors (Lipinski definition) is 1. The summed E-state index contributed by atoms with van der Waals surface area (Å²) in [6, 6.07) is 5.95. The highest BCUT2D eigenvalue weighted by Gasteiger charge is 2.39. The molecule has 1 aliphatic rings. The Kier molecular flexibility index (Phi) is 9.95. The lowest BCUT2D eigenvalue weighted by Crippen LogP contribution is -2.32. The van der Waals surface area contributed by atoms with E-state index >= 15 is 0 Å². The van der Waals surface area contributed by atoms with Crippen molar-refractivity contribution >= 4 is 29.1 Å². The van der Waals surface area contributed by atoms with E-state index in [4.69, 9.17) is 0 Å². The summed E-state index contributed by atoms with van der Waals surface area (Å²) < 4.78 is 0. The van der Waals surface area contributed by atoms with Crippen LogP contribution >= 0.6 is 11.8 Å². The van der Waals surface area contributed by atoms with Gasteiger partial charge in [-0.05, 0) is 31.4 Å². The maximum Gasteiger partial charge on any atom is 0.267 e. The largest absolute Gasteiger partial charge is 0.396 e. The highest BCUT2D eigenvalue weighted by atomic mass is 32.2. The fraction of sp³-hybridized carbons (Fsp3) is 0.583. The van der Waals surface area contributed by atoms with Crippen molar-refractivity contribution in [1.29, 1.82) is 0 Å². The number of thioether (sulfide) groups is 1. The van der Waals surface area contributed by atoms with E-state index in [9.17, 15) is 14.7 Å². The second-order valence-electron chi connectivity index (χ2n) is 7.83. The first kappa shape index (κ1) is 23.7. The van der Waals surface area contributed by atoms with Crippen LogP contribution in [-0.4, -0.2) is 40.7 Å². The molecule has 1 N–H and O–H groups in total. The van der Waals surface area contributed by atoms with Crippen LogP contribution in [0.2, 0.25) is 0 Å². The van der Waals surface area contributed by atoms with Gasteiger partial charge in [0.05, 0.1) is 17.1 Å². The minimum atomic E-state index is -0.202. The van der Waals surface area contributed by atoms with Crippen LogP contribution in [0.5, 0.6) is 0 Å².